The largest absolute Gasteiger partial charge is 0.497 e. The van der Waals surface area contributed by atoms with Crippen molar-refractivity contribution in [2.75, 3.05) is 34.0 Å². The van der Waals surface area contributed by atoms with Gasteiger partial charge in [0.15, 0.2) is 12.6 Å². The summed E-state index contributed by atoms with van der Waals surface area (Å²) in [6, 6.07) is 6.85. The molecular formula is C33H42O17. The van der Waals surface area contributed by atoms with Gasteiger partial charge in [-0.05, 0) is 35.8 Å². The number of hydrogen-bond donors (Lipinski definition) is 7. The van der Waals surface area contributed by atoms with Crippen LogP contribution in [0, 0.1) is 11.8 Å². The van der Waals surface area contributed by atoms with E-state index in [1.807, 2.05) is 0 Å². The molecule has 1 aromatic carbocycles. The lowest BCUT2D eigenvalue weighted by molar-refractivity contribution is -0.352. The summed E-state index contributed by atoms with van der Waals surface area (Å²) in [7, 11) is 2.74. The molecule has 1 aliphatic carbocycles. The highest BCUT2D eigenvalue weighted by Gasteiger charge is 2.51. The van der Waals surface area contributed by atoms with Gasteiger partial charge in [-0.25, -0.2) is 9.59 Å². The Balaban J connectivity index is 1.19. The van der Waals surface area contributed by atoms with E-state index >= 15 is 0 Å². The average Bonchev–Trinajstić information content (AvgIpc) is 3.57. The van der Waals surface area contributed by atoms with Crippen molar-refractivity contribution in [3.63, 3.8) is 0 Å². The summed E-state index contributed by atoms with van der Waals surface area (Å²) in [6.07, 6.45) is -11.8. The number of methoxy groups -OCH3 is 2. The molecule has 2 saturated heterocycles. The number of carbonyl (C=O) groups excluding carboxylic acids is 2. The number of ether oxygens (including phenoxy) is 8. The van der Waals surface area contributed by atoms with Gasteiger partial charge in [-0.15, -0.1) is 0 Å². The summed E-state index contributed by atoms with van der Waals surface area (Å²) in [5, 5.41) is 73.3. The van der Waals surface area contributed by atoms with E-state index in [1.165, 1.54) is 26.6 Å². The summed E-state index contributed by atoms with van der Waals surface area (Å²) < 4.78 is 43.5. The molecule has 13 atom stereocenters. The predicted octanol–water partition coefficient (Wildman–Crippen LogP) is -2.13. The van der Waals surface area contributed by atoms with Crippen molar-refractivity contribution in [2.24, 2.45) is 11.8 Å². The highest BCUT2D eigenvalue weighted by atomic mass is 16.8. The molecule has 0 aromatic heterocycles. The third kappa shape index (κ3) is 8.19. The van der Waals surface area contributed by atoms with Crippen LogP contribution in [0.15, 0.2) is 53.8 Å². The molecule has 3 unspecified atom stereocenters. The van der Waals surface area contributed by atoms with E-state index in [9.17, 15) is 45.3 Å². The molecule has 276 valence electrons. The molecule has 0 radical (unpaired) electrons. The molecular weight excluding hydrogens is 668 g/mol. The number of benzene rings is 1. The van der Waals surface area contributed by atoms with Gasteiger partial charge in [0.2, 0.25) is 6.29 Å². The van der Waals surface area contributed by atoms with Crippen LogP contribution in [0.1, 0.15) is 12.0 Å². The standard InChI is InChI=1S/C33H42O17/c1-43-17-7-3-15(4-8-17)5-10-22(35)45-13-20-24(36)26(38)28(40)32(48-20)47-14-21-25(37)27(39)29(41)33(49-21)50-31-23-16(11-34)6-9-18(23)19(12-46-31)30(42)44-2/h3-8,10,12,18,20-21,23-29,31-34,36-41H,9,11,13-14H2,1-2H3/b10-5+/t18?,20-,21-,23?,24-,25-,26+,27+,28-,29-,31?,32-,33+/m1/s1. The van der Waals surface area contributed by atoms with Crippen LogP contribution >= 0.6 is 0 Å². The van der Waals surface area contributed by atoms with Crippen LogP contribution in [-0.2, 0) is 42.7 Å². The first-order chi connectivity index (χ1) is 24.0. The highest BCUT2D eigenvalue weighted by molar-refractivity contribution is 5.89. The van der Waals surface area contributed by atoms with E-state index in [-0.39, 0.29) is 12.2 Å². The molecule has 5 rings (SSSR count). The number of allylic oxidation sites excluding steroid dienone is 1. The average molecular weight is 711 g/mol. The monoisotopic (exact) mass is 710 g/mol. The molecule has 17 heteroatoms. The fourth-order valence-electron chi connectivity index (χ4n) is 6.19. The van der Waals surface area contributed by atoms with Gasteiger partial charge in [0, 0.05) is 12.0 Å². The maximum atomic E-state index is 12.3. The molecule has 0 spiro atoms. The Hall–Kier alpha value is -3.46. The first kappa shape index (κ1) is 37.8. The number of fused-ring (bicyclic) bond motifs is 1. The number of esters is 2. The minimum Gasteiger partial charge on any atom is -0.497 e. The van der Waals surface area contributed by atoms with Crippen LogP contribution in [0.2, 0.25) is 0 Å². The lowest BCUT2D eigenvalue weighted by Crippen LogP contribution is -2.62. The van der Waals surface area contributed by atoms with Gasteiger partial charge in [0.1, 0.15) is 61.2 Å². The Kier molecular flexibility index (Phi) is 12.6. The summed E-state index contributed by atoms with van der Waals surface area (Å²) in [6.45, 7) is -1.48. The molecule has 3 heterocycles. The molecule has 50 heavy (non-hydrogen) atoms. The Morgan fingerprint density at radius 2 is 1.48 bits per heavy atom. The van der Waals surface area contributed by atoms with Crippen molar-refractivity contribution in [1.82, 2.24) is 0 Å². The van der Waals surface area contributed by atoms with E-state index < -0.39 is 105 Å². The normalized spacial score (nSPS) is 36.9. The maximum Gasteiger partial charge on any atom is 0.337 e. The predicted molar refractivity (Wildman–Crippen MR) is 165 cm³/mol. The molecule has 0 saturated carbocycles. The maximum absolute atomic E-state index is 12.3. The van der Waals surface area contributed by atoms with Gasteiger partial charge in [-0.2, -0.15) is 0 Å². The van der Waals surface area contributed by atoms with Crippen molar-refractivity contribution >= 4 is 18.0 Å². The third-order valence-corrected chi connectivity index (χ3v) is 9.07. The summed E-state index contributed by atoms with van der Waals surface area (Å²) >= 11 is 0. The van der Waals surface area contributed by atoms with Gasteiger partial charge < -0.3 is 73.6 Å². The number of hydrogen-bond acceptors (Lipinski definition) is 17. The third-order valence-electron chi connectivity index (χ3n) is 9.07. The van der Waals surface area contributed by atoms with E-state index in [2.05, 4.69) is 0 Å². The Morgan fingerprint density at radius 1 is 0.840 bits per heavy atom. The van der Waals surface area contributed by atoms with Gasteiger partial charge in [0.05, 0.1) is 45.2 Å². The Labute approximate surface area is 286 Å². The quantitative estimate of drug-likeness (QED) is 0.0695. The second-order valence-corrected chi connectivity index (χ2v) is 12.1. The van der Waals surface area contributed by atoms with Crippen molar-refractivity contribution in [3.8, 4) is 5.75 Å². The second kappa shape index (κ2) is 16.7. The molecule has 0 amide bonds. The minimum absolute atomic E-state index is 0.223. The zero-order chi connectivity index (χ0) is 36.1. The molecule has 7 N–H and O–H groups in total. The molecule has 4 aliphatic rings. The van der Waals surface area contributed by atoms with Crippen LogP contribution in [0.3, 0.4) is 0 Å². The van der Waals surface area contributed by atoms with Crippen molar-refractivity contribution < 1.29 is 83.2 Å². The van der Waals surface area contributed by atoms with Crippen LogP contribution in [0.5, 0.6) is 5.75 Å². The molecule has 0 bridgehead atoms. The first-order valence-electron chi connectivity index (χ1n) is 15.9. The zero-order valence-corrected chi connectivity index (χ0v) is 27.2. The topological polar surface area (TPSA) is 250 Å². The van der Waals surface area contributed by atoms with Crippen LogP contribution in [-0.4, -0.2) is 149 Å². The fourth-order valence-corrected chi connectivity index (χ4v) is 6.19. The Bertz CT molecular complexity index is 1410. The van der Waals surface area contributed by atoms with Crippen molar-refractivity contribution in [2.45, 2.75) is 74.1 Å². The van der Waals surface area contributed by atoms with Crippen LogP contribution < -0.4 is 4.74 Å². The fraction of sp³-hybridized carbons (Fsp3) is 0.576. The van der Waals surface area contributed by atoms with Crippen LogP contribution in [0.25, 0.3) is 6.08 Å². The highest BCUT2D eigenvalue weighted by Crippen LogP contribution is 2.44. The van der Waals surface area contributed by atoms with E-state index in [0.717, 1.165) is 6.08 Å². The summed E-state index contributed by atoms with van der Waals surface area (Å²) in [5.41, 5.74) is 1.42. The van der Waals surface area contributed by atoms with Crippen molar-refractivity contribution in [3.05, 3.63) is 59.4 Å². The molecule has 17 nitrogen and oxygen atoms in total. The van der Waals surface area contributed by atoms with Gasteiger partial charge in [-0.1, -0.05) is 18.2 Å². The van der Waals surface area contributed by atoms with Gasteiger partial charge in [-0.3, -0.25) is 0 Å². The molecule has 3 aliphatic heterocycles. The smallest absolute Gasteiger partial charge is 0.337 e. The van der Waals surface area contributed by atoms with Gasteiger partial charge >= 0.3 is 11.9 Å². The lowest BCUT2D eigenvalue weighted by Gasteiger charge is -2.44. The van der Waals surface area contributed by atoms with Gasteiger partial charge in [0.25, 0.3) is 0 Å². The zero-order valence-electron chi connectivity index (χ0n) is 27.2. The van der Waals surface area contributed by atoms with E-state index in [4.69, 9.17) is 37.9 Å². The van der Waals surface area contributed by atoms with Crippen molar-refractivity contribution in [1.29, 1.82) is 0 Å². The van der Waals surface area contributed by atoms with E-state index in [0.29, 0.717) is 23.3 Å². The number of rotatable bonds is 12. The summed E-state index contributed by atoms with van der Waals surface area (Å²) in [4.78, 5) is 24.6. The lowest BCUT2D eigenvalue weighted by atomic mass is 9.83. The van der Waals surface area contributed by atoms with E-state index in [1.54, 1.807) is 30.3 Å². The Morgan fingerprint density at radius 3 is 2.12 bits per heavy atom. The number of carbonyl (C=O) groups is 2. The SMILES string of the molecule is COC(=O)C1=COC(O[C@@H]2O[C@H](CO[C@@H]3O[C@H](COC(=O)/C=C/c4ccc(OC)cc4)[C@@H](O)[C@H](O)[C@H]3O)[C@@H](O)[C@H](O)[C@H]2O)C2C(CO)=CCC12. The number of aliphatic hydroxyl groups excluding tert-OH is 7. The molecule has 1 aromatic rings. The number of aliphatic hydroxyl groups is 7. The summed E-state index contributed by atoms with van der Waals surface area (Å²) in [5.74, 6) is -1.91. The first-order valence-corrected chi connectivity index (χ1v) is 15.9. The second-order valence-electron chi connectivity index (χ2n) is 12.1. The molecule has 2 fully saturated rings. The minimum atomic E-state index is -1.80. The van der Waals surface area contributed by atoms with Crippen LogP contribution in [0.4, 0.5) is 0 Å².